The Morgan fingerprint density at radius 2 is 1.87 bits per heavy atom. The quantitative estimate of drug-likeness (QED) is 0.746. The second-order valence-corrected chi connectivity index (χ2v) is 8.89. The molecule has 0 aliphatic carbocycles. The van der Waals surface area contributed by atoms with E-state index < -0.39 is 6.04 Å². The van der Waals surface area contributed by atoms with Gasteiger partial charge in [-0.05, 0) is 48.9 Å². The SMILES string of the molecule is CC(C)CC1CN(C(=O)Cc2cc(-c3ccc(F)cc3)on2)C(CC(C)C)C(=O)N1. The summed E-state index contributed by atoms with van der Waals surface area (Å²) in [6.45, 7) is 8.80. The normalized spacial score (nSPS) is 19.4. The van der Waals surface area contributed by atoms with Gasteiger partial charge >= 0.3 is 0 Å². The van der Waals surface area contributed by atoms with E-state index in [1.165, 1.54) is 12.1 Å². The molecule has 1 fully saturated rings. The average molecular weight is 416 g/mol. The molecule has 2 atom stereocenters. The van der Waals surface area contributed by atoms with Gasteiger partial charge < -0.3 is 14.7 Å². The molecule has 1 saturated heterocycles. The third-order valence-corrected chi connectivity index (χ3v) is 5.23. The molecule has 0 radical (unpaired) electrons. The van der Waals surface area contributed by atoms with Crippen LogP contribution in [0.15, 0.2) is 34.9 Å². The predicted molar refractivity (Wildman–Crippen MR) is 112 cm³/mol. The van der Waals surface area contributed by atoms with Crippen LogP contribution in [-0.2, 0) is 16.0 Å². The molecule has 0 bridgehead atoms. The zero-order chi connectivity index (χ0) is 21.8. The Bertz CT molecular complexity index is 876. The maximum Gasteiger partial charge on any atom is 0.243 e. The van der Waals surface area contributed by atoms with Gasteiger partial charge in [0.2, 0.25) is 11.8 Å². The lowest BCUT2D eigenvalue weighted by Gasteiger charge is -2.40. The maximum atomic E-state index is 13.1. The van der Waals surface area contributed by atoms with Gasteiger partial charge in [-0.25, -0.2) is 4.39 Å². The van der Waals surface area contributed by atoms with Crippen molar-refractivity contribution in [2.75, 3.05) is 6.54 Å². The number of aromatic nitrogens is 1. The Morgan fingerprint density at radius 3 is 2.50 bits per heavy atom. The summed E-state index contributed by atoms with van der Waals surface area (Å²) in [4.78, 5) is 27.6. The summed E-state index contributed by atoms with van der Waals surface area (Å²) in [7, 11) is 0. The number of hydrogen-bond donors (Lipinski definition) is 1. The van der Waals surface area contributed by atoms with E-state index in [9.17, 15) is 14.0 Å². The molecule has 30 heavy (non-hydrogen) atoms. The van der Waals surface area contributed by atoms with Gasteiger partial charge in [-0.1, -0.05) is 32.9 Å². The van der Waals surface area contributed by atoms with E-state index in [0.29, 0.717) is 35.9 Å². The second-order valence-electron chi connectivity index (χ2n) is 8.89. The van der Waals surface area contributed by atoms with Gasteiger partial charge in [-0.2, -0.15) is 0 Å². The molecule has 6 nitrogen and oxygen atoms in total. The van der Waals surface area contributed by atoms with Crippen LogP contribution in [0.2, 0.25) is 0 Å². The smallest absolute Gasteiger partial charge is 0.243 e. The van der Waals surface area contributed by atoms with Crippen molar-refractivity contribution in [1.82, 2.24) is 15.4 Å². The number of amides is 2. The number of benzene rings is 1. The lowest BCUT2D eigenvalue weighted by Crippen LogP contribution is -2.62. The number of piperazine rings is 1. The first-order chi connectivity index (χ1) is 14.2. The van der Waals surface area contributed by atoms with Crippen molar-refractivity contribution in [2.24, 2.45) is 11.8 Å². The molecule has 1 N–H and O–H groups in total. The summed E-state index contributed by atoms with van der Waals surface area (Å²) in [5.74, 6) is 0.636. The zero-order valence-electron chi connectivity index (χ0n) is 18.0. The maximum absolute atomic E-state index is 13.1. The van der Waals surface area contributed by atoms with Gasteiger partial charge in [0, 0.05) is 24.2 Å². The van der Waals surface area contributed by atoms with E-state index in [2.05, 4.69) is 24.3 Å². The molecule has 7 heteroatoms. The number of carbonyl (C=O) groups is 2. The van der Waals surface area contributed by atoms with Crippen LogP contribution in [0.4, 0.5) is 4.39 Å². The number of rotatable bonds is 7. The topological polar surface area (TPSA) is 75.4 Å². The molecule has 3 rings (SSSR count). The van der Waals surface area contributed by atoms with Crippen molar-refractivity contribution in [2.45, 2.75) is 59.0 Å². The van der Waals surface area contributed by atoms with Crippen LogP contribution in [-0.4, -0.2) is 40.5 Å². The molecule has 0 spiro atoms. The van der Waals surface area contributed by atoms with Crippen molar-refractivity contribution >= 4 is 11.8 Å². The van der Waals surface area contributed by atoms with Crippen LogP contribution in [0, 0.1) is 17.7 Å². The highest BCUT2D eigenvalue weighted by Crippen LogP contribution is 2.23. The molecule has 1 aromatic carbocycles. The summed E-state index contributed by atoms with van der Waals surface area (Å²) in [6.07, 6.45) is 1.50. The van der Waals surface area contributed by atoms with E-state index in [0.717, 1.165) is 6.42 Å². The molecule has 2 unspecified atom stereocenters. The number of carbonyl (C=O) groups excluding carboxylic acids is 2. The van der Waals surface area contributed by atoms with Gasteiger partial charge in [0.15, 0.2) is 5.76 Å². The van der Waals surface area contributed by atoms with Crippen LogP contribution in [0.3, 0.4) is 0 Å². The fourth-order valence-corrected chi connectivity index (χ4v) is 3.91. The Balaban J connectivity index is 1.74. The van der Waals surface area contributed by atoms with Crippen LogP contribution >= 0.6 is 0 Å². The van der Waals surface area contributed by atoms with Crippen molar-refractivity contribution in [1.29, 1.82) is 0 Å². The first-order valence-corrected chi connectivity index (χ1v) is 10.5. The Hall–Kier alpha value is -2.70. The first kappa shape index (κ1) is 22.0. The molecule has 162 valence electrons. The van der Waals surface area contributed by atoms with Crippen molar-refractivity contribution in [3.05, 3.63) is 41.8 Å². The monoisotopic (exact) mass is 415 g/mol. The summed E-state index contributed by atoms with van der Waals surface area (Å²) in [5.41, 5.74) is 1.18. The third-order valence-electron chi connectivity index (χ3n) is 5.23. The molecule has 2 aromatic rings. The highest BCUT2D eigenvalue weighted by molar-refractivity contribution is 5.89. The first-order valence-electron chi connectivity index (χ1n) is 10.5. The lowest BCUT2D eigenvalue weighted by molar-refractivity contribution is -0.145. The fraction of sp³-hybridized carbons (Fsp3) is 0.522. The van der Waals surface area contributed by atoms with Gasteiger partial charge in [0.05, 0.1) is 12.1 Å². The van der Waals surface area contributed by atoms with Crippen molar-refractivity contribution in [3.8, 4) is 11.3 Å². The molecule has 2 amide bonds. The summed E-state index contributed by atoms with van der Waals surface area (Å²) in [5, 5.41) is 7.09. The van der Waals surface area contributed by atoms with Gasteiger partial charge in [0.25, 0.3) is 0 Å². The van der Waals surface area contributed by atoms with E-state index in [4.69, 9.17) is 4.52 Å². The van der Waals surface area contributed by atoms with Crippen LogP contribution in [0.5, 0.6) is 0 Å². The minimum absolute atomic E-state index is 0.0445. The van der Waals surface area contributed by atoms with Gasteiger partial charge in [-0.15, -0.1) is 0 Å². The van der Waals surface area contributed by atoms with E-state index in [1.807, 2.05) is 13.8 Å². The fourth-order valence-electron chi connectivity index (χ4n) is 3.91. The second kappa shape index (κ2) is 9.41. The third kappa shape index (κ3) is 5.46. The van der Waals surface area contributed by atoms with Crippen molar-refractivity contribution < 1.29 is 18.5 Å². The summed E-state index contributed by atoms with van der Waals surface area (Å²) >= 11 is 0. The lowest BCUT2D eigenvalue weighted by atomic mass is 9.94. The Kier molecular flexibility index (Phi) is 6.90. The molecule has 2 heterocycles. The molecule has 1 aliphatic rings. The Labute approximate surface area is 176 Å². The molecule has 1 aromatic heterocycles. The molecule has 1 aliphatic heterocycles. The highest BCUT2D eigenvalue weighted by atomic mass is 19.1. The van der Waals surface area contributed by atoms with Crippen LogP contribution in [0.25, 0.3) is 11.3 Å². The molecule has 0 saturated carbocycles. The Morgan fingerprint density at radius 1 is 1.20 bits per heavy atom. The molecular weight excluding hydrogens is 385 g/mol. The van der Waals surface area contributed by atoms with E-state index in [1.54, 1.807) is 23.1 Å². The average Bonchev–Trinajstić information content (AvgIpc) is 3.12. The number of nitrogens with zero attached hydrogens (tertiary/aromatic N) is 2. The summed E-state index contributed by atoms with van der Waals surface area (Å²) in [6, 6.07) is 7.08. The van der Waals surface area contributed by atoms with Crippen molar-refractivity contribution in [3.63, 3.8) is 0 Å². The highest BCUT2D eigenvalue weighted by Gasteiger charge is 2.37. The number of halogens is 1. The number of hydrogen-bond acceptors (Lipinski definition) is 4. The largest absolute Gasteiger partial charge is 0.356 e. The van der Waals surface area contributed by atoms with Crippen LogP contribution in [0.1, 0.15) is 46.2 Å². The zero-order valence-corrected chi connectivity index (χ0v) is 18.0. The number of nitrogens with one attached hydrogen (secondary N) is 1. The summed E-state index contributed by atoms with van der Waals surface area (Å²) < 4.78 is 18.5. The molecular formula is C23H30FN3O3. The van der Waals surface area contributed by atoms with Gasteiger partial charge in [-0.3, -0.25) is 9.59 Å². The van der Waals surface area contributed by atoms with E-state index in [-0.39, 0.29) is 36.0 Å². The minimum Gasteiger partial charge on any atom is -0.356 e. The predicted octanol–water partition coefficient (Wildman–Crippen LogP) is 3.81. The van der Waals surface area contributed by atoms with Crippen LogP contribution < -0.4 is 5.32 Å². The van der Waals surface area contributed by atoms with E-state index >= 15 is 0 Å². The minimum atomic E-state index is -0.468. The standard InChI is InChI=1S/C23H30FN3O3/c1-14(2)9-19-13-27(20(10-15(3)4)23(29)25-19)22(28)12-18-11-21(30-26-18)16-5-7-17(24)8-6-16/h5-8,11,14-15,19-20H,9-10,12-13H2,1-4H3,(H,25,29). The van der Waals surface area contributed by atoms with Gasteiger partial charge in [0.1, 0.15) is 11.9 Å².